The number of hydrogen-bond donors (Lipinski definition) is 0. The van der Waals surface area contributed by atoms with Crippen LogP contribution in [0.2, 0.25) is 0 Å². The van der Waals surface area contributed by atoms with Gasteiger partial charge in [-0.2, -0.15) is 43.9 Å². The fourth-order valence-electron chi connectivity index (χ4n) is 1.24. The first-order chi connectivity index (χ1) is 11.4. The Morgan fingerprint density at radius 2 is 1.27 bits per heavy atom. The second-order valence-electron chi connectivity index (χ2n) is 4.74. The lowest BCUT2D eigenvalue weighted by atomic mass is 9.94. The Hall–Kier alpha value is -1.57. The van der Waals surface area contributed by atoms with Gasteiger partial charge >= 0.3 is 42.2 Å². The highest BCUT2D eigenvalue weighted by Crippen LogP contribution is 2.58. The first-order valence-electron chi connectivity index (χ1n) is 6.37. The van der Waals surface area contributed by atoms with Crippen molar-refractivity contribution in [3.8, 4) is 0 Å². The zero-order valence-electron chi connectivity index (χ0n) is 12.5. The second-order valence-corrected chi connectivity index (χ2v) is 4.74. The van der Waals surface area contributed by atoms with E-state index in [1.807, 2.05) is 0 Å². The van der Waals surface area contributed by atoms with Crippen LogP contribution in [-0.2, 0) is 9.47 Å². The summed E-state index contributed by atoms with van der Waals surface area (Å²) in [4.78, 5) is 10.7. The number of hydrogen-bond acceptors (Lipinski definition) is 3. The number of rotatable bonds is 9. The molecule has 0 bridgehead atoms. The first-order valence-corrected chi connectivity index (χ1v) is 6.37. The number of halogens is 12. The van der Waals surface area contributed by atoms with Gasteiger partial charge in [0.15, 0.2) is 6.61 Å². The topological polar surface area (TPSA) is 35.5 Å². The molecule has 0 aliphatic heterocycles. The van der Waals surface area contributed by atoms with Gasteiger partial charge in [0.25, 0.3) is 0 Å². The molecule has 0 amide bonds. The Kier molecular flexibility index (Phi) is 7.12. The summed E-state index contributed by atoms with van der Waals surface area (Å²) in [5.74, 6) is -36.0. The average Bonchev–Trinajstić information content (AvgIpc) is 2.49. The average molecular weight is 418 g/mol. The Morgan fingerprint density at radius 3 is 1.65 bits per heavy atom. The largest absolute Gasteiger partial charge is 0.508 e. The summed E-state index contributed by atoms with van der Waals surface area (Å²) >= 11 is 0. The minimum absolute atomic E-state index is 0.0919. The van der Waals surface area contributed by atoms with E-state index in [4.69, 9.17) is 0 Å². The zero-order valence-corrected chi connectivity index (χ0v) is 12.5. The van der Waals surface area contributed by atoms with Crippen LogP contribution in [0.25, 0.3) is 0 Å². The molecule has 3 nitrogen and oxygen atoms in total. The molecule has 0 saturated heterocycles. The maximum atomic E-state index is 13.2. The van der Waals surface area contributed by atoms with Crippen LogP contribution in [0.3, 0.4) is 0 Å². The molecular weight excluding hydrogens is 408 g/mol. The van der Waals surface area contributed by atoms with Crippen molar-refractivity contribution in [1.82, 2.24) is 0 Å². The fourth-order valence-corrected chi connectivity index (χ4v) is 1.24. The van der Waals surface area contributed by atoms with Gasteiger partial charge in [0, 0.05) is 0 Å². The first kappa shape index (κ1) is 24.4. The van der Waals surface area contributed by atoms with Crippen molar-refractivity contribution < 1.29 is 67.0 Å². The van der Waals surface area contributed by atoms with Crippen molar-refractivity contribution in [2.24, 2.45) is 0 Å². The van der Waals surface area contributed by atoms with Crippen LogP contribution in [0.5, 0.6) is 0 Å². The number of carbonyl (C=O) groups is 1. The molecule has 0 atom stereocenters. The molecule has 0 rings (SSSR count). The minimum atomic E-state index is -7.65. The molecule has 0 heterocycles. The van der Waals surface area contributed by atoms with Crippen molar-refractivity contribution in [1.29, 1.82) is 0 Å². The van der Waals surface area contributed by atoms with Gasteiger partial charge in [0.2, 0.25) is 0 Å². The number of ether oxygens (including phenoxy) is 2. The molecular formula is C11H10F12O3. The van der Waals surface area contributed by atoms with Crippen molar-refractivity contribution in [3.05, 3.63) is 0 Å². The van der Waals surface area contributed by atoms with Crippen LogP contribution in [0.4, 0.5) is 57.5 Å². The lowest BCUT2D eigenvalue weighted by molar-refractivity contribution is -0.414. The van der Waals surface area contributed by atoms with E-state index in [0.717, 1.165) is 0 Å². The molecule has 0 N–H and O–H groups in total. The van der Waals surface area contributed by atoms with E-state index in [-0.39, 0.29) is 6.42 Å². The quantitative estimate of drug-likeness (QED) is 0.391. The number of carbonyl (C=O) groups excluding carboxylic acids is 1. The zero-order chi connectivity index (χ0) is 21.2. The van der Waals surface area contributed by atoms with Gasteiger partial charge in [-0.3, -0.25) is 0 Å². The predicted molar refractivity (Wildman–Crippen MR) is 58.3 cm³/mol. The Balaban J connectivity index is 5.63. The summed E-state index contributed by atoms with van der Waals surface area (Å²) in [5.41, 5.74) is 0. The van der Waals surface area contributed by atoms with E-state index >= 15 is 0 Å². The van der Waals surface area contributed by atoms with Crippen molar-refractivity contribution >= 4 is 6.16 Å². The third-order valence-corrected chi connectivity index (χ3v) is 2.74. The Bertz CT molecular complexity index is 491. The van der Waals surface area contributed by atoms with Crippen LogP contribution in [0, 0.1) is 0 Å². The second kappa shape index (κ2) is 7.58. The molecule has 0 spiro atoms. The third-order valence-electron chi connectivity index (χ3n) is 2.74. The molecule has 26 heavy (non-hydrogen) atoms. The van der Waals surface area contributed by atoms with Gasteiger partial charge < -0.3 is 9.47 Å². The van der Waals surface area contributed by atoms with Gasteiger partial charge in [0.1, 0.15) is 0 Å². The van der Waals surface area contributed by atoms with E-state index in [1.165, 1.54) is 6.92 Å². The van der Waals surface area contributed by atoms with Crippen molar-refractivity contribution in [2.45, 2.75) is 49.4 Å². The summed E-state index contributed by atoms with van der Waals surface area (Å²) in [6, 6.07) is 0. The smallest absolute Gasteiger partial charge is 0.434 e. The summed E-state index contributed by atoms with van der Waals surface area (Å²) in [6.07, 6.45) is -7.56. The van der Waals surface area contributed by atoms with Gasteiger partial charge in [-0.15, -0.1) is 0 Å². The van der Waals surface area contributed by atoms with Crippen LogP contribution in [-0.4, -0.2) is 55.4 Å². The molecule has 0 saturated carbocycles. The molecule has 0 aliphatic rings. The highest BCUT2D eigenvalue weighted by Gasteiger charge is 2.87. The maximum absolute atomic E-state index is 13.2. The summed E-state index contributed by atoms with van der Waals surface area (Å²) in [6.45, 7) is -2.06. The highest BCUT2D eigenvalue weighted by molar-refractivity contribution is 5.59. The highest BCUT2D eigenvalue weighted by atomic mass is 19.4. The van der Waals surface area contributed by atoms with E-state index < -0.39 is 55.4 Å². The fraction of sp³-hybridized carbons (Fsp3) is 0.909. The third kappa shape index (κ3) is 4.05. The lowest BCUT2D eigenvalue weighted by Crippen LogP contribution is -2.69. The molecule has 0 radical (unpaired) electrons. The summed E-state index contributed by atoms with van der Waals surface area (Å²) in [7, 11) is 0. The lowest BCUT2D eigenvalue weighted by Gasteiger charge is -2.38. The Labute approximate surface area is 137 Å². The van der Waals surface area contributed by atoms with Crippen LogP contribution < -0.4 is 0 Å². The van der Waals surface area contributed by atoms with E-state index in [0.29, 0.717) is 0 Å². The molecule has 0 aromatic carbocycles. The van der Waals surface area contributed by atoms with Gasteiger partial charge in [-0.25, -0.2) is 13.6 Å². The molecule has 0 unspecified atom stereocenters. The normalized spacial score (nSPS) is 14.5. The Morgan fingerprint density at radius 1 is 0.808 bits per heavy atom. The van der Waals surface area contributed by atoms with Crippen LogP contribution >= 0.6 is 0 Å². The molecule has 0 aromatic heterocycles. The number of alkyl halides is 12. The predicted octanol–water partition coefficient (Wildman–Crippen LogP) is 4.99. The van der Waals surface area contributed by atoms with E-state index in [9.17, 15) is 57.5 Å². The van der Waals surface area contributed by atoms with Crippen LogP contribution in [0.1, 0.15) is 13.3 Å². The SMILES string of the molecule is CCCOC(=O)OCC(F)(F)C(F)(F)C(F)(F)C(F)(F)C(F)(F)C(F)F. The van der Waals surface area contributed by atoms with Crippen LogP contribution in [0.15, 0.2) is 0 Å². The van der Waals surface area contributed by atoms with Gasteiger partial charge in [0.05, 0.1) is 6.61 Å². The molecule has 156 valence electrons. The maximum Gasteiger partial charge on any atom is 0.508 e. The minimum Gasteiger partial charge on any atom is -0.434 e. The van der Waals surface area contributed by atoms with Crippen molar-refractivity contribution in [3.63, 3.8) is 0 Å². The summed E-state index contributed by atoms with van der Waals surface area (Å²) in [5, 5.41) is 0. The standard InChI is InChI=1S/C11H10F12O3/c1-2-3-25-6(24)26-4-7(14,15)9(18,19)11(22,23)10(20,21)8(16,17)5(12)13/h5H,2-4H2,1H3. The monoisotopic (exact) mass is 418 g/mol. The molecule has 0 aliphatic carbocycles. The van der Waals surface area contributed by atoms with E-state index in [2.05, 4.69) is 9.47 Å². The van der Waals surface area contributed by atoms with Gasteiger partial charge in [-0.1, -0.05) is 6.92 Å². The van der Waals surface area contributed by atoms with Gasteiger partial charge in [-0.05, 0) is 6.42 Å². The molecule has 15 heteroatoms. The van der Waals surface area contributed by atoms with Crippen molar-refractivity contribution in [2.75, 3.05) is 13.2 Å². The van der Waals surface area contributed by atoms with E-state index in [1.54, 1.807) is 0 Å². The molecule has 0 fully saturated rings. The molecule has 0 aromatic rings. The summed E-state index contributed by atoms with van der Waals surface area (Å²) < 4.78 is 161.